The Morgan fingerprint density at radius 2 is 1.73 bits per heavy atom. The van der Waals surface area contributed by atoms with Crippen LogP contribution in [0.2, 0.25) is 0 Å². The summed E-state index contributed by atoms with van der Waals surface area (Å²) in [5, 5.41) is 7.41. The SMILES string of the molecule is COc1ccc(S(=O)(=O)N2CCNC(=O)C2c2c(C)nn(-c3ccccc3)c2C)cc1OC. The maximum Gasteiger partial charge on any atom is 0.244 e. The first-order valence-electron chi connectivity index (χ1n) is 10.4. The Bertz CT molecular complexity index is 1290. The number of hydrogen-bond acceptors (Lipinski definition) is 6. The van der Waals surface area contributed by atoms with E-state index in [1.54, 1.807) is 11.6 Å². The smallest absolute Gasteiger partial charge is 0.244 e. The van der Waals surface area contributed by atoms with Crippen molar-refractivity contribution in [3.8, 4) is 17.2 Å². The van der Waals surface area contributed by atoms with Crippen LogP contribution in [0.1, 0.15) is 23.0 Å². The third-order valence-electron chi connectivity index (χ3n) is 5.75. The topological polar surface area (TPSA) is 103 Å². The molecular weight excluding hydrogens is 444 g/mol. The minimum Gasteiger partial charge on any atom is -0.493 e. The molecule has 1 amide bonds. The van der Waals surface area contributed by atoms with E-state index in [0.29, 0.717) is 28.5 Å². The molecule has 0 spiro atoms. The summed E-state index contributed by atoms with van der Waals surface area (Å²) in [4.78, 5) is 13.1. The lowest BCUT2D eigenvalue weighted by molar-refractivity contribution is -0.127. The van der Waals surface area contributed by atoms with E-state index < -0.39 is 16.1 Å². The fraction of sp³-hybridized carbons (Fsp3) is 0.304. The summed E-state index contributed by atoms with van der Waals surface area (Å²) in [5.41, 5.74) is 2.69. The lowest BCUT2D eigenvalue weighted by Gasteiger charge is -2.34. The molecule has 1 atom stereocenters. The van der Waals surface area contributed by atoms with Crippen LogP contribution in [0.15, 0.2) is 53.4 Å². The number of ether oxygens (including phenoxy) is 2. The summed E-state index contributed by atoms with van der Waals surface area (Å²) in [6, 6.07) is 12.9. The van der Waals surface area contributed by atoms with Crippen molar-refractivity contribution >= 4 is 15.9 Å². The molecule has 174 valence electrons. The lowest BCUT2D eigenvalue weighted by Crippen LogP contribution is -2.52. The van der Waals surface area contributed by atoms with Crippen LogP contribution in [0.5, 0.6) is 11.5 Å². The van der Waals surface area contributed by atoms with E-state index in [1.807, 2.05) is 37.3 Å². The Morgan fingerprint density at radius 3 is 2.39 bits per heavy atom. The summed E-state index contributed by atoms with van der Waals surface area (Å²) in [7, 11) is -1.12. The van der Waals surface area contributed by atoms with Gasteiger partial charge in [0.15, 0.2) is 11.5 Å². The van der Waals surface area contributed by atoms with Crippen molar-refractivity contribution in [1.29, 1.82) is 0 Å². The molecule has 4 rings (SSSR count). The van der Waals surface area contributed by atoms with Gasteiger partial charge in [0.05, 0.1) is 30.5 Å². The number of piperazine rings is 1. The number of aryl methyl sites for hydroxylation is 1. The highest BCUT2D eigenvalue weighted by Gasteiger charge is 2.42. The molecule has 2 aromatic carbocycles. The monoisotopic (exact) mass is 470 g/mol. The van der Waals surface area contributed by atoms with E-state index in [1.165, 1.54) is 36.7 Å². The minimum absolute atomic E-state index is 0.0191. The van der Waals surface area contributed by atoms with Crippen molar-refractivity contribution < 1.29 is 22.7 Å². The average Bonchev–Trinajstić information content (AvgIpc) is 3.12. The number of nitrogens with zero attached hydrogens (tertiary/aromatic N) is 3. The first kappa shape index (κ1) is 22.8. The normalized spacial score (nSPS) is 17.0. The number of carbonyl (C=O) groups excluding carboxylic acids is 1. The molecule has 1 unspecified atom stereocenters. The van der Waals surface area contributed by atoms with Gasteiger partial charge in [-0.2, -0.15) is 9.40 Å². The second-order valence-electron chi connectivity index (χ2n) is 7.66. The van der Waals surface area contributed by atoms with Gasteiger partial charge in [0.2, 0.25) is 15.9 Å². The zero-order valence-electron chi connectivity index (χ0n) is 18.9. The van der Waals surface area contributed by atoms with Crippen LogP contribution in [0.3, 0.4) is 0 Å². The highest BCUT2D eigenvalue weighted by molar-refractivity contribution is 7.89. The quantitative estimate of drug-likeness (QED) is 0.593. The number of sulfonamides is 1. The Balaban J connectivity index is 1.82. The maximum absolute atomic E-state index is 13.7. The molecule has 10 heteroatoms. The molecule has 0 aliphatic carbocycles. The van der Waals surface area contributed by atoms with Crippen LogP contribution < -0.4 is 14.8 Å². The summed E-state index contributed by atoms with van der Waals surface area (Å²) < 4.78 is 40.9. The van der Waals surface area contributed by atoms with E-state index in [2.05, 4.69) is 10.4 Å². The zero-order chi connectivity index (χ0) is 23.8. The fourth-order valence-corrected chi connectivity index (χ4v) is 5.74. The van der Waals surface area contributed by atoms with Crippen molar-refractivity contribution in [1.82, 2.24) is 19.4 Å². The lowest BCUT2D eigenvalue weighted by atomic mass is 10.0. The molecule has 1 aliphatic heterocycles. The standard InChI is InChI=1S/C23H26N4O5S/c1-15-21(16(2)27(25-15)17-8-6-5-7-9-17)22-23(28)24-12-13-26(22)33(29,30)18-10-11-19(31-3)20(14-18)32-4/h5-11,14,22H,12-13H2,1-4H3,(H,24,28). The molecule has 1 aromatic heterocycles. The minimum atomic E-state index is -4.04. The van der Waals surface area contributed by atoms with Crippen LogP contribution in [0, 0.1) is 13.8 Å². The van der Waals surface area contributed by atoms with Crippen LogP contribution in [-0.4, -0.2) is 55.7 Å². The number of nitrogens with one attached hydrogen (secondary N) is 1. The predicted octanol–water partition coefficient (Wildman–Crippen LogP) is 2.37. The van der Waals surface area contributed by atoms with Gasteiger partial charge < -0.3 is 14.8 Å². The van der Waals surface area contributed by atoms with Gasteiger partial charge in [-0.05, 0) is 38.1 Å². The van der Waals surface area contributed by atoms with Gasteiger partial charge in [0.25, 0.3) is 0 Å². The predicted molar refractivity (Wildman–Crippen MR) is 122 cm³/mol. The van der Waals surface area contributed by atoms with Crippen molar-refractivity contribution in [3.05, 3.63) is 65.5 Å². The first-order valence-corrected chi connectivity index (χ1v) is 11.9. The summed E-state index contributed by atoms with van der Waals surface area (Å²) >= 11 is 0. The summed E-state index contributed by atoms with van der Waals surface area (Å²) in [5.74, 6) is 0.324. The first-order chi connectivity index (χ1) is 15.8. The molecule has 2 heterocycles. The average molecular weight is 471 g/mol. The molecule has 3 aromatic rings. The van der Waals surface area contributed by atoms with Crippen LogP contribution in [-0.2, 0) is 14.8 Å². The Labute approximate surface area is 193 Å². The van der Waals surface area contributed by atoms with Crippen molar-refractivity contribution in [2.45, 2.75) is 24.8 Å². The molecule has 1 aliphatic rings. The molecule has 0 bridgehead atoms. The number of rotatable bonds is 6. The fourth-order valence-electron chi connectivity index (χ4n) is 4.16. The van der Waals surface area contributed by atoms with Gasteiger partial charge in [-0.15, -0.1) is 0 Å². The molecule has 1 saturated heterocycles. The van der Waals surface area contributed by atoms with Crippen LogP contribution >= 0.6 is 0 Å². The molecule has 33 heavy (non-hydrogen) atoms. The largest absolute Gasteiger partial charge is 0.493 e. The molecule has 9 nitrogen and oxygen atoms in total. The van der Waals surface area contributed by atoms with E-state index in [4.69, 9.17) is 9.47 Å². The zero-order valence-corrected chi connectivity index (χ0v) is 19.7. The van der Waals surface area contributed by atoms with Gasteiger partial charge in [-0.3, -0.25) is 4.79 Å². The van der Waals surface area contributed by atoms with Crippen LogP contribution in [0.25, 0.3) is 5.69 Å². The Kier molecular flexibility index (Phi) is 6.13. The molecule has 0 saturated carbocycles. The third-order valence-corrected chi connectivity index (χ3v) is 7.61. The number of methoxy groups -OCH3 is 2. The number of carbonyl (C=O) groups is 1. The second-order valence-corrected chi connectivity index (χ2v) is 9.55. The van der Waals surface area contributed by atoms with Gasteiger partial charge in [-0.25, -0.2) is 13.1 Å². The molecule has 1 N–H and O–H groups in total. The number of aromatic nitrogens is 2. The molecular formula is C23H26N4O5S. The number of hydrogen-bond donors (Lipinski definition) is 1. The highest BCUT2D eigenvalue weighted by atomic mass is 32.2. The van der Waals surface area contributed by atoms with E-state index in [9.17, 15) is 13.2 Å². The molecule has 0 radical (unpaired) electrons. The van der Waals surface area contributed by atoms with Crippen molar-refractivity contribution in [3.63, 3.8) is 0 Å². The van der Waals surface area contributed by atoms with E-state index >= 15 is 0 Å². The number of amides is 1. The highest BCUT2D eigenvalue weighted by Crippen LogP contribution is 2.36. The third kappa shape index (κ3) is 3.96. The number of benzene rings is 2. The van der Waals surface area contributed by atoms with E-state index in [-0.39, 0.29) is 23.9 Å². The van der Waals surface area contributed by atoms with Crippen molar-refractivity contribution in [2.24, 2.45) is 0 Å². The summed E-state index contributed by atoms with van der Waals surface area (Å²) in [6.45, 7) is 3.96. The number of para-hydroxylation sites is 1. The molecule has 1 fully saturated rings. The summed E-state index contributed by atoms with van der Waals surface area (Å²) in [6.07, 6.45) is 0. The van der Waals surface area contributed by atoms with Gasteiger partial charge in [0, 0.05) is 30.4 Å². The van der Waals surface area contributed by atoms with Crippen LogP contribution in [0.4, 0.5) is 0 Å². The van der Waals surface area contributed by atoms with Gasteiger partial charge in [0.1, 0.15) is 6.04 Å². The van der Waals surface area contributed by atoms with Gasteiger partial charge >= 0.3 is 0 Å². The van der Waals surface area contributed by atoms with Gasteiger partial charge in [-0.1, -0.05) is 18.2 Å². The Morgan fingerprint density at radius 1 is 1.03 bits per heavy atom. The van der Waals surface area contributed by atoms with Crippen molar-refractivity contribution in [2.75, 3.05) is 27.3 Å². The maximum atomic E-state index is 13.7. The van der Waals surface area contributed by atoms with E-state index in [0.717, 1.165) is 5.69 Å². The second kappa shape index (κ2) is 8.87. The Hall–Kier alpha value is -3.37.